The minimum Gasteiger partial charge on any atom is -0.378 e. The van der Waals surface area contributed by atoms with E-state index in [4.69, 9.17) is 5.73 Å². The second kappa shape index (κ2) is 4.13. The molecule has 0 aliphatic heterocycles. The molecule has 0 radical (unpaired) electrons. The number of hydrogen-bond acceptors (Lipinski definition) is 5. The number of rotatable bonds is 3. The van der Waals surface area contributed by atoms with Gasteiger partial charge in [-0.05, 0) is 17.7 Å². The van der Waals surface area contributed by atoms with Crippen LogP contribution in [0.3, 0.4) is 0 Å². The first-order valence-electron chi connectivity index (χ1n) is 3.67. The summed E-state index contributed by atoms with van der Waals surface area (Å²) < 4.78 is 0. The Bertz CT molecular complexity index is 401. The number of nitrogens with zero attached hydrogens (tertiary/aromatic N) is 2. The minimum absolute atomic E-state index is 0.141. The summed E-state index contributed by atoms with van der Waals surface area (Å²) >= 11 is 0. The summed E-state index contributed by atoms with van der Waals surface area (Å²) in [5, 5.41) is 10.4. The van der Waals surface area contributed by atoms with E-state index in [1.807, 2.05) is 0 Å². The molecule has 0 aromatic carbocycles. The first kappa shape index (κ1) is 9.85. The van der Waals surface area contributed by atoms with Crippen molar-refractivity contribution in [2.24, 2.45) is 0 Å². The van der Waals surface area contributed by atoms with Crippen LogP contribution in [0.2, 0.25) is 0 Å². The highest BCUT2D eigenvalue weighted by molar-refractivity contribution is 5.74. The van der Waals surface area contributed by atoms with Crippen LogP contribution in [0.25, 0.3) is 6.08 Å². The smallest absolute Gasteiger partial charge is 0.311 e. The predicted octanol–water partition coefficient (Wildman–Crippen LogP) is 0.784. The average Bonchev–Trinajstić information content (AvgIpc) is 2.16. The second-order valence-electron chi connectivity index (χ2n) is 2.43. The third-order valence-corrected chi connectivity index (χ3v) is 1.48. The fourth-order valence-electron chi connectivity index (χ4n) is 0.867. The predicted molar refractivity (Wildman–Crippen MR) is 50.4 cm³/mol. The zero-order valence-electron chi connectivity index (χ0n) is 7.08. The molecule has 0 bridgehead atoms. The summed E-state index contributed by atoms with van der Waals surface area (Å²) in [5.41, 5.74) is 5.46. The molecule has 6 nitrogen and oxygen atoms in total. The number of nitrogen functional groups attached to an aromatic ring is 1. The summed E-state index contributed by atoms with van der Waals surface area (Å²) in [6, 6.07) is 1.25. The second-order valence-corrected chi connectivity index (χ2v) is 2.43. The number of carbonyl (C=O) groups is 1. The van der Waals surface area contributed by atoms with Crippen molar-refractivity contribution in [2.45, 2.75) is 0 Å². The van der Waals surface area contributed by atoms with Gasteiger partial charge < -0.3 is 5.73 Å². The fourth-order valence-corrected chi connectivity index (χ4v) is 0.867. The van der Waals surface area contributed by atoms with E-state index in [0.29, 0.717) is 11.8 Å². The van der Waals surface area contributed by atoms with E-state index in [-0.39, 0.29) is 11.5 Å². The topological polar surface area (TPSA) is 99.1 Å². The summed E-state index contributed by atoms with van der Waals surface area (Å²) in [5.74, 6) is -0.141. The molecule has 0 amide bonds. The van der Waals surface area contributed by atoms with Crippen LogP contribution >= 0.6 is 0 Å². The Hall–Kier alpha value is -2.24. The van der Waals surface area contributed by atoms with Gasteiger partial charge in [0.2, 0.25) is 5.82 Å². The van der Waals surface area contributed by atoms with Crippen LogP contribution in [-0.4, -0.2) is 16.2 Å². The lowest BCUT2D eigenvalue weighted by molar-refractivity contribution is -0.384. The molecule has 6 heteroatoms. The van der Waals surface area contributed by atoms with E-state index in [0.717, 1.165) is 0 Å². The largest absolute Gasteiger partial charge is 0.378 e. The number of anilines is 1. The van der Waals surface area contributed by atoms with Crippen LogP contribution in [0.4, 0.5) is 11.5 Å². The van der Waals surface area contributed by atoms with Crippen LogP contribution in [0, 0.1) is 10.1 Å². The highest BCUT2D eigenvalue weighted by atomic mass is 16.6. The summed E-state index contributed by atoms with van der Waals surface area (Å²) in [4.78, 5) is 23.4. The Morgan fingerprint density at radius 1 is 1.57 bits per heavy atom. The van der Waals surface area contributed by atoms with Crippen molar-refractivity contribution in [1.82, 2.24) is 4.98 Å². The Morgan fingerprint density at radius 3 is 2.86 bits per heavy atom. The van der Waals surface area contributed by atoms with Crippen molar-refractivity contribution in [3.63, 3.8) is 0 Å². The number of nitro groups is 1. The Labute approximate surface area is 79.2 Å². The van der Waals surface area contributed by atoms with Crippen LogP contribution in [0.1, 0.15) is 5.56 Å². The first-order chi connectivity index (χ1) is 6.65. The molecular weight excluding hydrogens is 186 g/mol. The monoisotopic (exact) mass is 193 g/mol. The van der Waals surface area contributed by atoms with Crippen molar-refractivity contribution >= 4 is 23.9 Å². The van der Waals surface area contributed by atoms with Gasteiger partial charge in [0.25, 0.3) is 0 Å². The number of allylic oxidation sites excluding steroid dienone is 1. The third-order valence-electron chi connectivity index (χ3n) is 1.48. The molecular formula is C8H7N3O3. The van der Waals surface area contributed by atoms with Gasteiger partial charge in [0.15, 0.2) is 0 Å². The van der Waals surface area contributed by atoms with Gasteiger partial charge in [-0.25, -0.2) is 4.98 Å². The number of hydrogen-bond donors (Lipinski definition) is 1. The average molecular weight is 193 g/mol. The molecule has 1 aromatic heterocycles. The lowest BCUT2D eigenvalue weighted by atomic mass is 10.2. The van der Waals surface area contributed by atoms with Crippen molar-refractivity contribution < 1.29 is 9.72 Å². The highest BCUT2D eigenvalue weighted by Gasteiger charge is 2.11. The van der Waals surface area contributed by atoms with Crippen LogP contribution in [-0.2, 0) is 4.79 Å². The molecule has 72 valence electrons. The molecule has 0 fully saturated rings. The van der Waals surface area contributed by atoms with Crippen LogP contribution in [0.15, 0.2) is 18.3 Å². The molecule has 1 aromatic rings. The Kier molecular flexibility index (Phi) is 2.90. The lowest BCUT2D eigenvalue weighted by Crippen LogP contribution is -1.98. The van der Waals surface area contributed by atoms with Crippen LogP contribution in [0.5, 0.6) is 0 Å². The van der Waals surface area contributed by atoms with Gasteiger partial charge in [0.05, 0.1) is 4.92 Å². The Morgan fingerprint density at radius 2 is 2.29 bits per heavy atom. The van der Waals surface area contributed by atoms with E-state index < -0.39 is 4.92 Å². The van der Waals surface area contributed by atoms with E-state index in [1.54, 1.807) is 0 Å². The van der Waals surface area contributed by atoms with E-state index in [9.17, 15) is 14.9 Å². The number of nitrogens with two attached hydrogens (primary N) is 1. The molecule has 0 aliphatic carbocycles. The number of pyridine rings is 1. The number of aromatic nitrogens is 1. The SMILES string of the molecule is Nc1ncc(C=CC=O)cc1[N+](=O)[O-]. The first-order valence-corrected chi connectivity index (χ1v) is 3.67. The highest BCUT2D eigenvalue weighted by Crippen LogP contribution is 2.19. The summed E-state index contributed by atoms with van der Waals surface area (Å²) in [6.45, 7) is 0. The minimum atomic E-state index is -0.624. The zero-order chi connectivity index (χ0) is 10.6. The molecule has 0 spiro atoms. The van der Waals surface area contributed by atoms with E-state index >= 15 is 0 Å². The van der Waals surface area contributed by atoms with Crippen LogP contribution < -0.4 is 5.73 Å². The van der Waals surface area contributed by atoms with E-state index in [2.05, 4.69) is 4.98 Å². The molecule has 0 aliphatic rings. The van der Waals surface area contributed by atoms with Crippen molar-refractivity contribution in [3.05, 3.63) is 34.0 Å². The van der Waals surface area contributed by atoms with Gasteiger partial charge in [-0.1, -0.05) is 0 Å². The standard InChI is InChI=1S/C8H7N3O3/c9-8-7(11(13)14)4-6(5-10-8)2-1-3-12/h1-5H,(H2,9,10). The van der Waals surface area contributed by atoms with Gasteiger partial charge in [-0.15, -0.1) is 0 Å². The summed E-state index contributed by atoms with van der Waals surface area (Å²) in [6.07, 6.45) is 4.55. The van der Waals surface area contributed by atoms with Crippen molar-refractivity contribution in [3.8, 4) is 0 Å². The van der Waals surface area contributed by atoms with Gasteiger partial charge in [0.1, 0.15) is 6.29 Å². The number of aldehydes is 1. The van der Waals surface area contributed by atoms with Gasteiger partial charge in [-0.2, -0.15) is 0 Å². The maximum Gasteiger partial charge on any atom is 0.311 e. The lowest BCUT2D eigenvalue weighted by Gasteiger charge is -1.96. The summed E-state index contributed by atoms with van der Waals surface area (Å²) in [7, 11) is 0. The number of carbonyl (C=O) groups excluding carboxylic acids is 1. The molecule has 1 heterocycles. The Balaban J connectivity index is 3.12. The maximum absolute atomic E-state index is 10.4. The van der Waals surface area contributed by atoms with Crippen molar-refractivity contribution in [1.29, 1.82) is 0 Å². The molecule has 0 unspecified atom stereocenters. The quantitative estimate of drug-likeness (QED) is 0.331. The van der Waals surface area contributed by atoms with Crippen molar-refractivity contribution in [2.75, 3.05) is 5.73 Å². The zero-order valence-corrected chi connectivity index (χ0v) is 7.08. The maximum atomic E-state index is 10.4. The molecule has 0 saturated carbocycles. The van der Waals surface area contributed by atoms with Gasteiger partial charge in [0, 0.05) is 12.3 Å². The third kappa shape index (κ3) is 2.13. The van der Waals surface area contributed by atoms with E-state index in [1.165, 1.54) is 24.4 Å². The molecule has 2 N–H and O–H groups in total. The van der Waals surface area contributed by atoms with Gasteiger partial charge >= 0.3 is 5.69 Å². The molecule has 1 rings (SSSR count). The molecule has 14 heavy (non-hydrogen) atoms. The molecule has 0 saturated heterocycles. The molecule has 0 atom stereocenters. The van der Waals surface area contributed by atoms with Gasteiger partial charge in [-0.3, -0.25) is 14.9 Å². The normalized spacial score (nSPS) is 10.3. The fraction of sp³-hybridized carbons (Fsp3) is 0.